The summed E-state index contributed by atoms with van der Waals surface area (Å²) in [6, 6.07) is 14.5. The Labute approximate surface area is 148 Å². The van der Waals surface area contributed by atoms with Gasteiger partial charge in [0.2, 0.25) is 0 Å². The van der Waals surface area contributed by atoms with Crippen LogP contribution in [-0.4, -0.2) is 26.6 Å². The molecule has 0 spiro atoms. The van der Waals surface area contributed by atoms with E-state index in [1.165, 1.54) is 11.1 Å². The first-order valence-corrected chi connectivity index (χ1v) is 8.49. The van der Waals surface area contributed by atoms with Gasteiger partial charge in [0, 0.05) is 12.6 Å². The average Bonchev–Trinajstić information content (AvgIpc) is 3.13. The van der Waals surface area contributed by atoms with Crippen LogP contribution in [-0.2, 0) is 0 Å². The second-order valence-corrected chi connectivity index (χ2v) is 6.51. The van der Waals surface area contributed by atoms with Crippen LogP contribution in [0.4, 0.5) is 0 Å². The Morgan fingerprint density at radius 1 is 1.04 bits per heavy atom. The van der Waals surface area contributed by atoms with E-state index in [0.717, 1.165) is 16.8 Å². The van der Waals surface area contributed by atoms with Crippen molar-refractivity contribution < 1.29 is 5.11 Å². The molecule has 3 aromatic rings. The number of hydrogen-bond donors (Lipinski definition) is 2. The number of aliphatic hydroxyl groups excluding tert-OH is 1. The van der Waals surface area contributed by atoms with Gasteiger partial charge >= 0.3 is 0 Å². The number of rotatable bonds is 6. The van der Waals surface area contributed by atoms with Crippen molar-refractivity contribution in [2.45, 2.75) is 32.9 Å². The maximum Gasteiger partial charge on any atom is 0.0914 e. The van der Waals surface area contributed by atoms with Crippen LogP contribution in [0.15, 0.2) is 54.9 Å². The van der Waals surface area contributed by atoms with Crippen molar-refractivity contribution in [2.75, 3.05) is 6.54 Å². The number of benzene rings is 2. The van der Waals surface area contributed by atoms with Crippen molar-refractivity contribution in [1.82, 2.24) is 20.3 Å². The van der Waals surface area contributed by atoms with E-state index in [0.29, 0.717) is 6.54 Å². The summed E-state index contributed by atoms with van der Waals surface area (Å²) in [4.78, 5) is 0. The molecule has 5 heteroatoms. The highest BCUT2D eigenvalue weighted by Gasteiger charge is 2.11. The Hall–Kier alpha value is -2.50. The van der Waals surface area contributed by atoms with Crippen LogP contribution >= 0.6 is 0 Å². The van der Waals surface area contributed by atoms with E-state index in [1.807, 2.05) is 30.5 Å². The molecule has 0 bridgehead atoms. The number of nitrogens with zero attached hydrogens (tertiary/aromatic N) is 3. The Bertz CT molecular complexity index is 792. The molecule has 5 nitrogen and oxygen atoms in total. The smallest absolute Gasteiger partial charge is 0.0914 e. The summed E-state index contributed by atoms with van der Waals surface area (Å²) >= 11 is 0. The molecule has 0 aliphatic rings. The SMILES string of the molecule is Cc1cc(C)cc(C(O)CNC(C)c2ccc(-n3ccnn3)cc2)c1. The second kappa shape index (κ2) is 7.59. The molecule has 0 aliphatic carbocycles. The first-order valence-electron chi connectivity index (χ1n) is 8.49. The van der Waals surface area contributed by atoms with E-state index >= 15 is 0 Å². The summed E-state index contributed by atoms with van der Waals surface area (Å²) in [5.74, 6) is 0. The maximum absolute atomic E-state index is 10.5. The molecule has 25 heavy (non-hydrogen) atoms. The Morgan fingerprint density at radius 3 is 2.32 bits per heavy atom. The Kier molecular flexibility index (Phi) is 5.26. The third-order valence-electron chi connectivity index (χ3n) is 4.33. The van der Waals surface area contributed by atoms with E-state index in [2.05, 4.69) is 54.6 Å². The number of aryl methyl sites for hydroxylation is 2. The minimum atomic E-state index is -0.518. The monoisotopic (exact) mass is 336 g/mol. The zero-order chi connectivity index (χ0) is 17.8. The zero-order valence-electron chi connectivity index (χ0n) is 14.8. The lowest BCUT2D eigenvalue weighted by Gasteiger charge is -2.19. The first kappa shape index (κ1) is 17.3. The fraction of sp³-hybridized carbons (Fsp3) is 0.300. The van der Waals surface area contributed by atoms with Gasteiger partial charge in [0.15, 0.2) is 0 Å². The molecule has 0 saturated heterocycles. The summed E-state index contributed by atoms with van der Waals surface area (Å²) < 4.78 is 1.73. The molecule has 0 amide bonds. The lowest BCUT2D eigenvalue weighted by Crippen LogP contribution is -2.24. The largest absolute Gasteiger partial charge is 0.387 e. The third-order valence-corrected chi connectivity index (χ3v) is 4.33. The molecule has 2 atom stereocenters. The van der Waals surface area contributed by atoms with Crippen LogP contribution < -0.4 is 5.32 Å². The minimum Gasteiger partial charge on any atom is -0.387 e. The van der Waals surface area contributed by atoms with Crippen LogP contribution in [0.5, 0.6) is 0 Å². The summed E-state index contributed by atoms with van der Waals surface area (Å²) in [5, 5.41) is 21.7. The van der Waals surface area contributed by atoms with Crippen molar-refractivity contribution >= 4 is 0 Å². The number of hydrogen-bond acceptors (Lipinski definition) is 4. The minimum absolute atomic E-state index is 0.144. The van der Waals surface area contributed by atoms with Gasteiger partial charge in [-0.15, -0.1) is 5.10 Å². The Balaban J connectivity index is 1.61. The van der Waals surface area contributed by atoms with E-state index in [9.17, 15) is 5.11 Å². The molecule has 0 aliphatic heterocycles. The highest BCUT2D eigenvalue weighted by atomic mass is 16.3. The quantitative estimate of drug-likeness (QED) is 0.725. The third kappa shape index (κ3) is 4.32. The van der Waals surface area contributed by atoms with Crippen molar-refractivity contribution in [3.8, 4) is 5.69 Å². The highest BCUT2D eigenvalue weighted by Crippen LogP contribution is 2.19. The van der Waals surface area contributed by atoms with Crippen molar-refractivity contribution in [1.29, 1.82) is 0 Å². The van der Waals surface area contributed by atoms with Gasteiger partial charge in [0.25, 0.3) is 0 Å². The predicted molar refractivity (Wildman–Crippen MR) is 98.7 cm³/mol. The molecule has 0 saturated carbocycles. The summed E-state index contributed by atoms with van der Waals surface area (Å²) in [7, 11) is 0. The number of aromatic nitrogens is 3. The molecule has 3 rings (SSSR count). The van der Waals surface area contributed by atoms with Crippen LogP contribution in [0, 0.1) is 13.8 Å². The van der Waals surface area contributed by atoms with Gasteiger partial charge in [-0.3, -0.25) is 0 Å². The summed E-state index contributed by atoms with van der Waals surface area (Å²) in [6.45, 7) is 6.71. The van der Waals surface area contributed by atoms with Gasteiger partial charge in [0.1, 0.15) is 0 Å². The van der Waals surface area contributed by atoms with Gasteiger partial charge in [-0.25, -0.2) is 4.68 Å². The lowest BCUT2D eigenvalue weighted by atomic mass is 10.0. The molecule has 0 radical (unpaired) electrons. The summed E-state index contributed by atoms with van der Waals surface area (Å²) in [6.07, 6.45) is 2.96. The molecule has 2 aromatic carbocycles. The van der Waals surface area contributed by atoms with Crippen molar-refractivity contribution in [3.63, 3.8) is 0 Å². The Morgan fingerprint density at radius 2 is 1.72 bits per heavy atom. The zero-order valence-corrected chi connectivity index (χ0v) is 14.8. The molecule has 130 valence electrons. The predicted octanol–water partition coefficient (Wildman–Crippen LogP) is 3.27. The van der Waals surface area contributed by atoms with Crippen molar-refractivity contribution in [2.24, 2.45) is 0 Å². The average molecular weight is 336 g/mol. The lowest BCUT2D eigenvalue weighted by molar-refractivity contribution is 0.170. The van der Waals surface area contributed by atoms with E-state index in [1.54, 1.807) is 10.9 Å². The van der Waals surface area contributed by atoms with Crippen molar-refractivity contribution in [3.05, 3.63) is 77.1 Å². The van der Waals surface area contributed by atoms with Crippen LogP contribution in [0.3, 0.4) is 0 Å². The van der Waals surface area contributed by atoms with Crippen LogP contribution in [0.2, 0.25) is 0 Å². The fourth-order valence-electron chi connectivity index (χ4n) is 2.99. The number of nitrogens with one attached hydrogen (secondary N) is 1. The molecular weight excluding hydrogens is 312 g/mol. The highest BCUT2D eigenvalue weighted by molar-refractivity contribution is 5.34. The molecule has 2 unspecified atom stereocenters. The van der Waals surface area contributed by atoms with Crippen LogP contribution in [0.25, 0.3) is 5.69 Å². The van der Waals surface area contributed by atoms with Gasteiger partial charge in [-0.2, -0.15) is 0 Å². The van der Waals surface area contributed by atoms with Gasteiger partial charge < -0.3 is 10.4 Å². The molecular formula is C20H24N4O. The fourth-order valence-corrected chi connectivity index (χ4v) is 2.99. The molecule has 1 heterocycles. The van der Waals surface area contributed by atoms with Crippen LogP contribution in [0.1, 0.15) is 41.3 Å². The number of aliphatic hydroxyl groups is 1. The first-order chi connectivity index (χ1) is 12.0. The van der Waals surface area contributed by atoms with E-state index < -0.39 is 6.10 Å². The topological polar surface area (TPSA) is 63.0 Å². The molecule has 1 aromatic heterocycles. The second-order valence-electron chi connectivity index (χ2n) is 6.51. The van der Waals surface area contributed by atoms with Gasteiger partial charge in [-0.1, -0.05) is 46.7 Å². The molecule has 0 fully saturated rings. The van der Waals surface area contributed by atoms with Gasteiger partial charge in [-0.05, 0) is 44.0 Å². The van der Waals surface area contributed by atoms with Gasteiger partial charge in [0.05, 0.1) is 24.2 Å². The normalized spacial score (nSPS) is 13.6. The van der Waals surface area contributed by atoms with E-state index in [4.69, 9.17) is 0 Å². The molecule has 2 N–H and O–H groups in total. The standard InChI is InChI=1S/C20H24N4O/c1-14-10-15(2)12-18(11-14)20(25)13-21-16(3)17-4-6-19(7-5-17)24-9-8-22-23-24/h4-12,16,20-21,25H,13H2,1-3H3. The van der Waals surface area contributed by atoms with E-state index in [-0.39, 0.29) is 6.04 Å². The summed E-state index contributed by atoms with van der Waals surface area (Å²) in [5.41, 5.74) is 5.44. The maximum atomic E-state index is 10.5.